The fourth-order valence-corrected chi connectivity index (χ4v) is 1.13. The Morgan fingerprint density at radius 2 is 1.61 bits per heavy atom. The van der Waals surface area contributed by atoms with E-state index in [0.717, 1.165) is 11.8 Å². The summed E-state index contributed by atoms with van der Waals surface area (Å²) in [6, 6.07) is 13.3. The molecule has 0 aromatic heterocycles. The summed E-state index contributed by atoms with van der Waals surface area (Å²) in [4.78, 5) is 10.3. The molecule has 5 heteroatoms. The molecule has 0 aliphatic carbocycles. The topological polar surface area (TPSA) is 110 Å². The molecule has 0 amide bonds. The fraction of sp³-hybridized carbons (Fsp3) is 0. The first-order valence-electron chi connectivity index (χ1n) is 5.13. The van der Waals surface area contributed by atoms with Crippen LogP contribution in [0.1, 0.15) is 10.4 Å². The zero-order valence-electron chi connectivity index (χ0n) is 9.58. The summed E-state index contributed by atoms with van der Waals surface area (Å²) in [5.74, 6) is -1.29. The number of nitrogen functional groups attached to an aromatic ring is 2. The highest BCUT2D eigenvalue weighted by Gasteiger charge is 2.04. The number of aromatic hydroxyl groups is 1. The number of carboxylic acids is 1. The summed E-state index contributed by atoms with van der Waals surface area (Å²) in [5.41, 5.74) is 11.6. The lowest BCUT2D eigenvalue weighted by atomic mass is 10.2. The minimum atomic E-state index is -1.08. The van der Waals surface area contributed by atoms with Gasteiger partial charge in [-0.2, -0.15) is 0 Å². The van der Waals surface area contributed by atoms with Crippen LogP contribution in [0.25, 0.3) is 0 Å². The molecule has 2 aromatic carbocycles. The summed E-state index contributed by atoms with van der Waals surface area (Å²) in [5, 5.41) is 17.4. The van der Waals surface area contributed by atoms with Gasteiger partial charge in [0.05, 0.1) is 11.3 Å². The highest BCUT2D eigenvalue weighted by atomic mass is 16.4. The Morgan fingerprint density at radius 3 is 2.00 bits per heavy atom. The van der Waals surface area contributed by atoms with Gasteiger partial charge in [0.15, 0.2) is 0 Å². The number of carbonyl (C=O) groups is 1. The molecule has 0 aliphatic rings. The molecule has 0 radical (unpaired) electrons. The van der Waals surface area contributed by atoms with E-state index >= 15 is 0 Å². The van der Waals surface area contributed by atoms with Crippen LogP contribution in [0.4, 0.5) is 11.4 Å². The number of phenols is 1. The molecular weight excluding hydrogens is 232 g/mol. The largest absolute Gasteiger partial charge is 0.506 e. The predicted molar refractivity (Wildman–Crippen MR) is 70.3 cm³/mol. The molecule has 2 rings (SSSR count). The molecule has 0 bridgehead atoms. The van der Waals surface area contributed by atoms with Gasteiger partial charge >= 0.3 is 5.97 Å². The molecule has 5 nitrogen and oxygen atoms in total. The van der Waals surface area contributed by atoms with Gasteiger partial charge < -0.3 is 21.7 Å². The van der Waals surface area contributed by atoms with Gasteiger partial charge in [0.2, 0.25) is 0 Å². The van der Waals surface area contributed by atoms with Crippen molar-refractivity contribution in [3.8, 4) is 5.75 Å². The van der Waals surface area contributed by atoms with Crippen LogP contribution in [0.15, 0.2) is 48.5 Å². The van der Waals surface area contributed by atoms with Crippen molar-refractivity contribution < 1.29 is 15.0 Å². The van der Waals surface area contributed by atoms with Gasteiger partial charge in [0.25, 0.3) is 0 Å². The molecule has 0 aliphatic heterocycles. The van der Waals surface area contributed by atoms with Crippen molar-refractivity contribution in [3.05, 3.63) is 54.1 Å². The first-order valence-corrected chi connectivity index (χ1v) is 5.13. The lowest BCUT2D eigenvalue weighted by molar-refractivity contribution is 0.0696. The molecule has 0 unspecified atom stereocenters. The van der Waals surface area contributed by atoms with Gasteiger partial charge in [-0.25, -0.2) is 4.79 Å². The number of anilines is 2. The molecule has 0 heterocycles. The van der Waals surface area contributed by atoms with Crippen LogP contribution >= 0.6 is 0 Å². The SMILES string of the molecule is Nc1ccc(C(=O)O)cc1O.Nc1ccccc1. The van der Waals surface area contributed by atoms with Crippen molar-refractivity contribution in [2.24, 2.45) is 0 Å². The summed E-state index contributed by atoms with van der Waals surface area (Å²) in [7, 11) is 0. The molecule has 94 valence electrons. The summed E-state index contributed by atoms with van der Waals surface area (Å²) in [6.45, 7) is 0. The molecule has 6 N–H and O–H groups in total. The maximum atomic E-state index is 10.3. The van der Waals surface area contributed by atoms with E-state index in [4.69, 9.17) is 21.7 Å². The van der Waals surface area contributed by atoms with Gasteiger partial charge in [-0.1, -0.05) is 18.2 Å². The summed E-state index contributed by atoms with van der Waals surface area (Å²) in [6.07, 6.45) is 0. The van der Waals surface area contributed by atoms with Crippen LogP contribution < -0.4 is 11.5 Å². The number of hydrogen-bond acceptors (Lipinski definition) is 4. The second-order valence-corrected chi connectivity index (χ2v) is 3.49. The van der Waals surface area contributed by atoms with Crippen LogP contribution in [0.2, 0.25) is 0 Å². The molecule has 2 aromatic rings. The molecule has 0 spiro atoms. The number of hydrogen-bond donors (Lipinski definition) is 4. The second kappa shape index (κ2) is 6.15. The van der Waals surface area contributed by atoms with Crippen LogP contribution in [0.3, 0.4) is 0 Å². The van der Waals surface area contributed by atoms with Gasteiger partial charge in [0, 0.05) is 5.69 Å². The van der Waals surface area contributed by atoms with Gasteiger partial charge in [-0.05, 0) is 30.3 Å². The van der Waals surface area contributed by atoms with E-state index < -0.39 is 5.97 Å². The van der Waals surface area contributed by atoms with Gasteiger partial charge in [0.1, 0.15) is 5.75 Å². The molecule has 0 saturated carbocycles. The zero-order chi connectivity index (χ0) is 13.5. The van der Waals surface area contributed by atoms with Crippen LogP contribution in [0.5, 0.6) is 5.75 Å². The monoisotopic (exact) mass is 246 g/mol. The van der Waals surface area contributed by atoms with Crippen molar-refractivity contribution >= 4 is 17.3 Å². The average molecular weight is 246 g/mol. The Labute approximate surface area is 104 Å². The normalized spacial score (nSPS) is 9.11. The van der Waals surface area contributed by atoms with Gasteiger partial charge in [-0.3, -0.25) is 0 Å². The van der Waals surface area contributed by atoms with E-state index in [0.29, 0.717) is 0 Å². The minimum absolute atomic E-state index is 0.0247. The van der Waals surface area contributed by atoms with Crippen molar-refractivity contribution in [2.45, 2.75) is 0 Å². The Kier molecular flexibility index (Phi) is 4.57. The highest BCUT2D eigenvalue weighted by Crippen LogP contribution is 2.20. The third-order valence-electron chi connectivity index (χ3n) is 2.08. The predicted octanol–water partition coefficient (Wildman–Crippen LogP) is 1.94. The molecule has 0 atom stereocenters. The van der Waals surface area contributed by atoms with Crippen molar-refractivity contribution in [2.75, 3.05) is 11.5 Å². The number of aromatic carboxylic acids is 1. The number of carboxylic acid groups (broad SMARTS) is 1. The lowest BCUT2D eigenvalue weighted by Gasteiger charge is -1.98. The van der Waals surface area contributed by atoms with Crippen molar-refractivity contribution in [1.82, 2.24) is 0 Å². The number of phenolic OH excluding ortho intramolecular Hbond substituents is 1. The molecule has 0 saturated heterocycles. The van der Waals surface area contributed by atoms with E-state index in [1.165, 1.54) is 12.1 Å². The quantitative estimate of drug-likeness (QED) is 0.454. The van der Waals surface area contributed by atoms with Crippen LogP contribution in [-0.4, -0.2) is 16.2 Å². The Balaban J connectivity index is 0.000000199. The van der Waals surface area contributed by atoms with Crippen LogP contribution in [-0.2, 0) is 0 Å². The standard InChI is InChI=1S/C7H7NO3.C6H7N/c8-5-2-1-4(7(10)11)3-6(5)9;7-6-4-2-1-3-5-6/h1-3,9H,8H2,(H,10,11);1-5H,7H2. The molecule has 18 heavy (non-hydrogen) atoms. The lowest BCUT2D eigenvalue weighted by Crippen LogP contribution is -1.96. The van der Waals surface area contributed by atoms with Crippen LogP contribution in [0, 0.1) is 0 Å². The Hall–Kier alpha value is -2.69. The first-order chi connectivity index (χ1) is 8.50. The maximum Gasteiger partial charge on any atom is 0.335 e. The van der Waals surface area contributed by atoms with Crippen molar-refractivity contribution in [3.63, 3.8) is 0 Å². The average Bonchev–Trinajstić information content (AvgIpc) is 2.34. The van der Waals surface area contributed by atoms with E-state index in [-0.39, 0.29) is 17.0 Å². The molecular formula is C13H14N2O3. The number of benzene rings is 2. The maximum absolute atomic E-state index is 10.3. The summed E-state index contributed by atoms with van der Waals surface area (Å²) >= 11 is 0. The highest BCUT2D eigenvalue weighted by molar-refractivity contribution is 5.88. The number of rotatable bonds is 1. The first kappa shape index (κ1) is 13.4. The van der Waals surface area contributed by atoms with Crippen molar-refractivity contribution in [1.29, 1.82) is 0 Å². The number of nitrogens with two attached hydrogens (primary N) is 2. The van der Waals surface area contributed by atoms with E-state index in [2.05, 4.69) is 0 Å². The second-order valence-electron chi connectivity index (χ2n) is 3.49. The van der Waals surface area contributed by atoms with E-state index in [1.807, 2.05) is 30.3 Å². The Bertz CT molecular complexity index is 527. The number of para-hydroxylation sites is 1. The smallest absolute Gasteiger partial charge is 0.335 e. The zero-order valence-corrected chi connectivity index (χ0v) is 9.58. The minimum Gasteiger partial charge on any atom is -0.506 e. The van der Waals surface area contributed by atoms with E-state index in [1.54, 1.807) is 0 Å². The third-order valence-corrected chi connectivity index (χ3v) is 2.08. The van der Waals surface area contributed by atoms with E-state index in [9.17, 15) is 4.79 Å². The third kappa shape index (κ3) is 4.05. The summed E-state index contributed by atoms with van der Waals surface area (Å²) < 4.78 is 0. The Morgan fingerprint density at radius 1 is 1.00 bits per heavy atom. The molecule has 0 fully saturated rings. The fourth-order valence-electron chi connectivity index (χ4n) is 1.13. The van der Waals surface area contributed by atoms with Gasteiger partial charge in [-0.15, -0.1) is 0 Å².